The molecule has 0 spiro atoms. The van der Waals surface area contributed by atoms with E-state index in [1.165, 1.54) is 0 Å². The number of benzene rings is 1. The second-order valence-corrected chi connectivity index (χ2v) is 5.24. The third kappa shape index (κ3) is 2.34. The van der Waals surface area contributed by atoms with Crippen LogP contribution in [0.3, 0.4) is 0 Å². The van der Waals surface area contributed by atoms with Crippen molar-refractivity contribution in [2.45, 2.75) is 19.0 Å². The van der Waals surface area contributed by atoms with Gasteiger partial charge in [-0.2, -0.15) is 0 Å². The molecular formula is C10H12NO2Si. The monoisotopic (exact) mass is 206 g/mol. The number of ether oxygens (including phenoxy) is 1. The lowest BCUT2D eigenvalue weighted by Crippen LogP contribution is -2.17. The van der Waals surface area contributed by atoms with E-state index in [-0.39, 0.29) is 5.54 Å². The van der Waals surface area contributed by atoms with Crippen molar-refractivity contribution < 1.29 is 9.53 Å². The van der Waals surface area contributed by atoms with E-state index >= 15 is 0 Å². The number of para-hydroxylation sites is 1. The van der Waals surface area contributed by atoms with Gasteiger partial charge in [-0.25, -0.2) is 0 Å². The average molecular weight is 206 g/mol. The lowest BCUT2D eigenvalue weighted by atomic mass is 10.1. The molecule has 0 saturated carbocycles. The first-order chi connectivity index (χ1) is 6.66. The zero-order chi connectivity index (χ0) is 10.6. The zero-order valence-corrected chi connectivity index (χ0v) is 9.19. The highest BCUT2D eigenvalue weighted by Gasteiger charge is 2.18. The summed E-state index contributed by atoms with van der Waals surface area (Å²) in [5, 5.41) is 8.44. The fourth-order valence-corrected chi connectivity index (χ4v) is 1.89. The quantitative estimate of drug-likeness (QED) is 0.606. The summed E-state index contributed by atoms with van der Waals surface area (Å²) >= 11 is 0. The summed E-state index contributed by atoms with van der Waals surface area (Å²) in [6.45, 7) is 3.76. The topological polar surface area (TPSA) is 53.2 Å². The number of nitrogens with zero attached hydrogens (tertiary/aromatic N) is 1. The Balaban J connectivity index is 3.01. The zero-order valence-electron chi connectivity index (χ0n) is 8.19. The van der Waals surface area contributed by atoms with Gasteiger partial charge in [-0.15, -0.1) is 5.26 Å². The summed E-state index contributed by atoms with van der Waals surface area (Å²) in [5.74, 6) is 0.543. The molecule has 0 saturated heterocycles. The maximum absolute atomic E-state index is 9.53. The summed E-state index contributed by atoms with van der Waals surface area (Å²) < 4.78 is 4.82. The van der Waals surface area contributed by atoms with Crippen LogP contribution in [0.5, 0.6) is 5.75 Å². The number of hydrogen-bond donors (Lipinski definition) is 1. The Bertz CT molecular complexity index is 346. The van der Waals surface area contributed by atoms with Crippen molar-refractivity contribution >= 4 is 9.04 Å². The second-order valence-electron chi connectivity index (χ2n) is 3.09. The predicted molar refractivity (Wildman–Crippen MR) is 54.9 cm³/mol. The van der Waals surface area contributed by atoms with Gasteiger partial charge in [0.1, 0.15) is 5.75 Å². The molecule has 1 rings (SSSR count). The predicted octanol–water partition coefficient (Wildman–Crippen LogP) is 1.80. The van der Waals surface area contributed by atoms with Gasteiger partial charge >= 0.3 is 0 Å². The van der Waals surface area contributed by atoms with Crippen molar-refractivity contribution in [3.05, 3.63) is 29.8 Å². The molecule has 73 valence electrons. The lowest BCUT2D eigenvalue weighted by Gasteiger charge is -2.14. The summed E-state index contributed by atoms with van der Waals surface area (Å²) in [7, 11) is -1.39. The largest absolute Gasteiger partial charge is 0.431 e. The Kier molecular flexibility index (Phi) is 3.69. The van der Waals surface area contributed by atoms with Crippen molar-refractivity contribution in [1.29, 1.82) is 5.26 Å². The Morgan fingerprint density at radius 1 is 1.50 bits per heavy atom. The van der Waals surface area contributed by atoms with Gasteiger partial charge in [0.2, 0.25) is 9.04 Å². The second kappa shape index (κ2) is 4.79. The number of rotatable bonds is 3. The minimum absolute atomic E-state index is 0.0598. The number of nitriles is 1. The van der Waals surface area contributed by atoms with Gasteiger partial charge in [0.05, 0.1) is 0 Å². The Morgan fingerprint density at radius 2 is 2.14 bits per heavy atom. The molecule has 1 unspecified atom stereocenters. The van der Waals surface area contributed by atoms with Crippen molar-refractivity contribution in [2.24, 2.45) is 0 Å². The summed E-state index contributed by atoms with van der Waals surface area (Å²) in [5.41, 5.74) is 0.956. The van der Waals surface area contributed by atoms with Crippen LogP contribution in [0.25, 0.3) is 0 Å². The lowest BCUT2D eigenvalue weighted by molar-refractivity contribution is 0.495. The Hall–Kier alpha value is -1.31. The SMILES string of the molecule is CC(c1ccccc1OC#N)[Si](C)O. The van der Waals surface area contributed by atoms with Gasteiger partial charge in [-0.3, -0.25) is 0 Å². The molecule has 0 aromatic heterocycles. The van der Waals surface area contributed by atoms with Gasteiger partial charge in [0.15, 0.2) is 0 Å². The van der Waals surface area contributed by atoms with Gasteiger partial charge < -0.3 is 9.53 Å². The molecule has 1 aromatic carbocycles. The molecule has 4 heteroatoms. The molecule has 14 heavy (non-hydrogen) atoms. The van der Waals surface area contributed by atoms with Crippen LogP contribution >= 0.6 is 0 Å². The van der Waals surface area contributed by atoms with Gasteiger partial charge in [-0.1, -0.05) is 25.1 Å². The van der Waals surface area contributed by atoms with E-state index in [1.54, 1.807) is 12.3 Å². The fourth-order valence-electron chi connectivity index (χ4n) is 1.21. The Morgan fingerprint density at radius 3 is 2.71 bits per heavy atom. The number of hydrogen-bond acceptors (Lipinski definition) is 3. The van der Waals surface area contributed by atoms with Crippen LogP contribution in [0, 0.1) is 11.5 Å². The van der Waals surface area contributed by atoms with E-state index in [4.69, 9.17) is 10.00 Å². The molecule has 0 bridgehead atoms. The fraction of sp³-hybridized carbons (Fsp3) is 0.300. The average Bonchev–Trinajstić information content (AvgIpc) is 2.18. The van der Waals surface area contributed by atoms with Gasteiger partial charge in [0, 0.05) is 5.54 Å². The molecule has 1 atom stereocenters. The maximum Gasteiger partial charge on any atom is 0.292 e. The molecule has 1 aromatic rings. The van der Waals surface area contributed by atoms with Crippen LogP contribution in [0.2, 0.25) is 6.55 Å². The van der Waals surface area contributed by atoms with E-state index < -0.39 is 9.04 Å². The van der Waals surface area contributed by atoms with Gasteiger partial charge in [-0.05, 0) is 18.2 Å². The first-order valence-electron chi connectivity index (χ1n) is 4.34. The Labute approximate surface area is 85.3 Å². The third-order valence-corrected chi connectivity index (χ3v) is 3.73. The smallest absolute Gasteiger partial charge is 0.292 e. The van der Waals surface area contributed by atoms with Crippen molar-refractivity contribution in [3.8, 4) is 12.0 Å². The summed E-state index contributed by atoms with van der Waals surface area (Å²) in [6, 6.07) is 7.30. The highest BCUT2D eigenvalue weighted by Crippen LogP contribution is 2.27. The molecule has 0 fully saturated rings. The standard InChI is InChI=1S/C10H12NO2Si/c1-8(14(2)12)9-5-3-4-6-10(9)13-7-11/h3-6,8,12H,1-2H3. The van der Waals surface area contributed by atoms with Crippen LogP contribution in [-0.4, -0.2) is 13.8 Å². The molecule has 0 heterocycles. The maximum atomic E-state index is 9.53. The molecule has 0 aliphatic carbocycles. The molecule has 0 aliphatic rings. The minimum Gasteiger partial charge on any atom is -0.431 e. The first kappa shape index (κ1) is 10.8. The van der Waals surface area contributed by atoms with E-state index in [2.05, 4.69) is 0 Å². The molecule has 3 nitrogen and oxygen atoms in total. The van der Waals surface area contributed by atoms with Crippen LogP contribution < -0.4 is 4.74 Å². The van der Waals surface area contributed by atoms with Crippen LogP contribution in [0.4, 0.5) is 0 Å². The summed E-state index contributed by atoms with van der Waals surface area (Å²) in [4.78, 5) is 9.53. The molecular weight excluding hydrogens is 194 g/mol. The highest BCUT2D eigenvalue weighted by atomic mass is 28.3. The normalized spacial score (nSPS) is 12.2. The van der Waals surface area contributed by atoms with Crippen LogP contribution in [-0.2, 0) is 0 Å². The van der Waals surface area contributed by atoms with Crippen molar-refractivity contribution in [1.82, 2.24) is 0 Å². The highest BCUT2D eigenvalue weighted by molar-refractivity contribution is 6.50. The molecule has 1 radical (unpaired) electrons. The van der Waals surface area contributed by atoms with E-state index in [0.717, 1.165) is 5.56 Å². The van der Waals surface area contributed by atoms with Gasteiger partial charge in [0.25, 0.3) is 6.26 Å². The molecule has 0 amide bonds. The molecule has 1 N–H and O–H groups in total. The van der Waals surface area contributed by atoms with Crippen molar-refractivity contribution in [2.75, 3.05) is 0 Å². The first-order valence-corrected chi connectivity index (χ1v) is 6.36. The van der Waals surface area contributed by atoms with E-state index in [0.29, 0.717) is 5.75 Å². The van der Waals surface area contributed by atoms with E-state index in [9.17, 15) is 4.80 Å². The minimum atomic E-state index is -1.39. The van der Waals surface area contributed by atoms with Crippen LogP contribution in [0.15, 0.2) is 24.3 Å². The van der Waals surface area contributed by atoms with Crippen LogP contribution in [0.1, 0.15) is 18.0 Å². The summed E-state index contributed by atoms with van der Waals surface area (Å²) in [6.07, 6.45) is 1.65. The van der Waals surface area contributed by atoms with E-state index in [1.807, 2.05) is 31.7 Å². The molecule has 0 aliphatic heterocycles. The third-order valence-electron chi connectivity index (χ3n) is 2.17. The van der Waals surface area contributed by atoms with Crippen molar-refractivity contribution in [3.63, 3.8) is 0 Å².